The van der Waals surface area contributed by atoms with Crippen LogP contribution in [0.2, 0.25) is 0 Å². The molecule has 1 amide bonds. The molecule has 94 valence electrons. The van der Waals surface area contributed by atoms with Crippen molar-refractivity contribution >= 4 is 5.91 Å². The highest BCUT2D eigenvalue weighted by molar-refractivity contribution is 5.76. The van der Waals surface area contributed by atoms with Gasteiger partial charge >= 0.3 is 0 Å². The molecule has 1 aromatic carbocycles. The summed E-state index contributed by atoms with van der Waals surface area (Å²) >= 11 is 0. The highest BCUT2D eigenvalue weighted by Crippen LogP contribution is 2.11. The van der Waals surface area contributed by atoms with Crippen molar-refractivity contribution in [2.45, 2.75) is 19.9 Å². The quantitative estimate of drug-likeness (QED) is 0.750. The van der Waals surface area contributed by atoms with E-state index in [0.717, 1.165) is 11.3 Å². The van der Waals surface area contributed by atoms with E-state index in [1.54, 1.807) is 0 Å². The Morgan fingerprint density at radius 2 is 2.00 bits per heavy atom. The Balaban J connectivity index is 2.34. The fraction of sp³-hybridized carbons (Fsp3) is 0.462. The van der Waals surface area contributed by atoms with Crippen molar-refractivity contribution in [2.24, 2.45) is 0 Å². The van der Waals surface area contributed by atoms with Crippen LogP contribution in [-0.4, -0.2) is 26.1 Å². The number of nitrogens with one attached hydrogen (secondary N) is 2. The predicted molar refractivity (Wildman–Crippen MR) is 68.0 cm³/mol. The van der Waals surface area contributed by atoms with E-state index in [4.69, 9.17) is 4.74 Å². The normalized spacial score (nSPS) is 10.0. The molecule has 1 rings (SSSR count). The smallest absolute Gasteiger partial charge is 0.221 e. The molecule has 0 fully saturated rings. The van der Waals surface area contributed by atoms with Gasteiger partial charge < -0.3 is 15.4 Å². The van der Waals surface area contributed by atoms with Crippen molar-refractivity contribution in [2.75, 3.05) is 20.2 Å². The van der Waals surface area contributed by atoms with E-state index in [1.807, 2.05) is 38.2 Å². The van der Waals surface area contributed by atoms with Crippen LogP contribution in [-0.2, 0) is 11.3 Å². The maximum Gasteiger partial charge on any atom is 0.221 e. The second-order valence-electron chi connectivity index (χ2n) is 3.71. The lowest BCUT2D eigenvalue weighted by Gasteiger charge is -2.07. The number of amides is 1. The molecule has 0 aromatic heterocycles. The summed E-state index contributed by atoms with van der Waals surface area (Å²) in [7, 11) is 1.83. The van der Waals surface area contributed by atoms with Crippen LogP contribution in [0.15, 0.2) is 24.3 Å². The summed E-state index contributed by atoms with van der Waals surface area (Å²) in [4.78, 5) is 11.4. The molecule has 4 nitrogen and oxygen atoms in total. The lowest BCUT2D eigenvalue weighted by atomic mass is 10.2. The Morgan fingerprint density at radius 1 is 1.29 bits per heavy atom. The summed E-state index contributed by atoms with van der Waals surface area (Å²) in [6.45, 7) is 3.89. The van der Waals surface area contributed by atoms with E-state index < -0.39 is 0 Å². The fourth-order valence-corrected chi connectivity index (χ4v) is 1.40. The van der Waals surface area contributed by atoms with Crippen molar-refractivity contribution in [3.63, 3.8) is 0 Å². The molecule has 0 bridgehead atoms. The molecule has 0 atom stereocenters. The van der Waals surface area contributed by atoms with Crippen molar-refractivity contribution < 1.29 is 9.53 Å². The van der Waals surface area contributed by atoms with E-state index in [9.17, 15) is 4.79 Å². The number of hydrogen-bond acceptors (Lipinski definition) is 3. The average molecular weight is 236 g/mol. The summed E-state index contributed by atoms with van der Waals surface area (Å²) in [5, 5.41) is 5.81. The number of rotatable bonds is 7. The number of hydrogen-bond donors (Lipinski definition) is 2. The molecule has 0 heterocycles. The molecule has 1 aromatic rings. The third-order valence-electron chi connectivity index (χ3n) is 2.33. The first-order valence-corrected chi connectivity index (χ1v) is 5.89. The summed E-state index contributed by atoms with van der Waals surface area (Å²) < 4.78 is 5.34. The summed E-state index contributed by atoms with van der Waals surface area (Å²) in [6, 6.07) is 7.75. The van der Waals surface area contributed by atoms with Gasteiger partial charge in [0.1, 0.15) is 5.75 Å². The Hall–Kier alpha value is -1.55. The molecule has 2 N–H and O–H groups in total. The second-order valence-corrected chi connectivity index (χ2v) is 3.71. The van der Waals surface area contributed by atoms with Gasteiger partial charge in [-0.1, -0.05) is 12.1 Å². The second kappa shape index (κ2) is 7.68. The van der Waals surface area contributed by atoms with Crippen LogP contribution >= 0.6 is 0 Å². The van der Waals surface area contributed by atoms with Crippen molar-refractivity contribution in [1.29, 1.82) is 0 Å². The minimum atomic E-state index is 0.0632. The monoisotopic (exact) mass is 236 g/mol. The van der Waals surface area contributed by atoms with E-state index >= 15 is 0 Å². The zero-order valence-electron chi connectivity index (χ0n) is 10.5. The van der Waals surface area contributed by atoms with Gasteiger partial charge in [0.05, 0.1) is 6.61 Å². The molecule has 0 radical (unpaired) electrons. The van der Waals surface area contributed by atoms with E-state index in [1.165, 1.54) is 0 Å². The van der Waals surface area contributed by atoms with Gasteiger partial charge in [-0.15, -0.1) is 0 Å². The minimum Gasteiger partial charge on any atom is -0.494 e. The molecular weight excluding hydrogens is 216 g/mol. The molecular formula is C13H20N2O2. The van der Waals surface area contributed by atoms with Gasteiger partial charge in [-0.3, -0.25) is 4.79 Å². The third-order valence-corrected chi connectivity index (χ3v) is 2.33. The Bertz CT molecular complexity index is 336. The first kappa shape index (κ1) is 13.5. The molecule has 0 aliphatic carbocycles. The van der Waals surface area contributed by atoms with Crippen LogP contribution in [0, 0.1) is 0 Å². The van der Waals surface area contributed by atoms with Crippen LogP contribution in [0.3, 0.4) is 0 Å². The lowest BCUT2D eigenvalue weighted by molar-refractivity contribution is -0.121. The highest BCUT2D eigenvalue weighted by atomic mass is 16.5. The molecule has 0 spiro atoms. The summed E-state index contributed by atoms with van der Waals surface area (Å²) in [6.07, 6.45) is 0.507. The third kappa shape index (κ3) is 5.36. The standard InChI is InChI=1S/C13H20N2O2/c1-3-17-12-6-4-11(5-7-12)10-15-13(16)8-9-14-2/h4-7,14H,3,8-10H2,1-2H3,(H,15,16). The number of carbonyl (C=O) groups is 1. The Kier molecular flexibility index (Phi) is 6.10. The number of carbonyl (C=O) groups excluding carboxylic acids is 1. The summed E-state index contributed by atoms with van der Waals surface area (Å²) in [5.74, 6) is 0.922. The zero-order valence-corrected chi connectivity index (χ0v) is 10.5. The molecule has 0 aliphatic rings. The van der Waals surface area contributed by atoms with Crippen LogP contribution in [0.1, 0.15) is 18.9 Å². The van der Waals surface area contributed by atoms with E-state index in [-0.39, 0.29) is 5.91 Å². The van der Waals surface area contributed by atoms with Crippen LogP contribution in [0.5, 0.6) is 5.75 Å². The van der Waals surface area contributed by atoms with Gasteiger partial charge in [0.15, 0.2) is 0 Å². The van der Waals surface area contributed by atoms with Crippen molar-refractivity contribution in [3.05, 3.63) is 29.8 Å². The van der Waals surface area contributed by atoms with Crippen molar-refractivity contribution in [3.8, 4) is 5.75 Å². The van der Waals surface area contributed by atoms with Gasteiger partial charge in [0, 0.05) is 19.5 Å². The minimum absolute atomic E-state index is 0.0632. The van der Waals surface area contributed by atoms with Crippen LogP contribution < -0.4 is 15.4 Å². The predicted octanol–water partition coefficient (Wildman–Crippen LogP) is 1.31. The Morgan fingerprint density at radius 3 is 2.59 bits per heavy atom. The SMILES string of the molecule is CCOc1ccc(CNC(=O)CCNC)cc1. The van der Waals surface area contributed by atoms with Gasteiger partial charge in [-0.05, 0) is 31.7 Å². The van der Waals surface area contributed by atoms with Crippen molar-refractivity contribution in [1.82, 2.24) is 10.6 Å². The fourth-order valence-electron chi connectivity index (χ4n) is 1.40. The van der Waals surface area contributed by atoms with Crippen LogP contribution in [0.25, 0.3) is 0 Å². The van der Waals surface area contributed by atoms with E-state index in [2.05, 4.69) is 10.6 Å². The number of ether oxygens (including phenoxy) is 1. The number of benzene rings is 1. The topological polar surface area (TPSA) is 50.4 Å². The van der Waals surface area contributed by atoms with Gasteiger partial charge in [-0.2, -0.15) is 0 Å². The first-order valence-electron chi connectivity index (χ1n) is 5.89. The highest BCUT2D eigenvalue weighted by Gasteiger charge is 2.00. The van der Waals surface area contributed by atoms with Gasteiger partial charge in [0.25, 0.3) is 0 Å². The molecule has 0 aliphatic heterocycles. The lowest BCUT2D eigenvalue weighted by Crippen LogP contribution is -2.26. The molecule has 0 unspecified atom stereocenters. The molecule has 4 heteroatoms. The van der Waals surface area contributed by atoms with Crippen LogP contribution in [0.4, 0.5) is 0 Å². The maximum absolute atomic E-state index is 11.4. The largest absolute Gasteiger partial charge is 0.494 e. The molecule has 17 heavy (non-hydrogen) atoms. The zero-order chi connectivity index (χ0) is 12.5. The average Bonchev–Trinajstić information content (AvgIpc) is 2.36. The van der Waals surface area contributed by atoms with Gasteiger partial charge in [0.2, 0.25) is 5.91 Å². The Labute approximate surface area is 102 Å². The maximum atomic E-state index is 11.4. The first-order chi connectivity index (χ1) is 8.26. The summed E-state index contributed by atoms with van der Waals surface area (Å²) in [5.41, 5.74) is 1.08. The molecule has 0 saturated carbocycles. The van der Waals surface area contributed by atoms with E-state index in [0.29, 0.717) is 26.1 Å². The van der Waals surface area contributed by atoms with Gasteiger partial charge in [-0.25, -0.2) is 0 Å². The molecule has 0 saturated heterocycles.